The monoisotopic (exact) mass is 302 g/mol. The fourth-order valence-electron chi connectivity index (χ4n) is 3.13. The summed E-state index contributed by atoms with van der Waals surface area (Å²) in [6.07, 6.45) is 3.13. The number of nitrogens with zero attached hydrogens (tertiary/aromatic N) is 4. The molecule has 2 aromatic rings. The van der Waals surface area contributed by atoms with Gasteiger partial charge in [0.05, 0.1) is 0 Å². The quantitative estimate of drug-likeness (QED) is 0.936. The van der Waals surface area contributed by atoms with E-state index in [1.165, 1.54) is 4.52 Å². The number of pyridine rings is 1. The van der Waals surface area contributed by atoms with Gasteiger partial charge < -0.3 is 10.0 Å². The number of aromatic nitrogens is 3. The van der Waals surface area contributed by atoms with Crippen molar-refractivity contribution in [2.24, 2.45) is 5.92 Å². The van der Waals surface area contributed by atoms with E-state index >= 15 is 0 Å². The molecule has 6 heteroatoms. The lowest BCUT2D eigenvalue weighted by Gasteiger charge is -2.34. The van der Waals surface area contributed by atoms with Gasteiger partial charge in [0, 0.05) is 12.5 Å². The summed E-state index contributed by atoms with van der Waals surface area (Å²) >= 11 is 0. The summed E-state index contributed by atoms with van der Waals surface area (Å²) in [6, 6.07) is 5.66. The van der Waals surface area contributed by atoms with Gasteiger partial charge in [-0.1, -0.05) is 6.07 Å². The fourth-order valence-corrected chi connectivity index (χ4v) is 3.13. The first-order valence-electron chi connectivity index (χ1n) is 7.86. The second-order valence-electron chi connectivity index (χ2n) is 6.29. The zero-order valence-corrected chi connectivity index (χ0v) is 13.1. The van der Waals surface area contributed by atoms with E-state index in [2.05, 4.69) is 28.8 Å². The number of likely N-dealkylation sites (tertiary alicyclic amines) is 1. The molecule has 1 saturated heterocycles. The Balaban J connectivity index is 1.73. The van der Waals surface area contributed by atoms with Crippen molar-refractivity contribution in [3.8, 4) is 0 Å². The molecule has 0 atom stereocenters. The van der Waals surface area contributed by atoms with Crippen LogP contribution in [0.25, 0.3) is 5.65 Å². The molecule has 0 aromatic carbocycles. The van der Waals surface area contributed by atoms with Gasteiger partial charge in [0.15, 0.2) is 17.2 Å². The smallest absolute Gasteiger partial charge is 0.354 e. The van der Waals surface area contributed by atoms with Gasteiger partial charge in [-0.3, -0.25) is 0 Å². The number of fused-ring (bicyclic) bond motifs is 1. The average molecular weight is 302 g/mol. The standard InChI is InChI=1S/C16H22N4O2/c1-11(2)19-8-6-12(7-9-19)10-14-17-15-5-3-4-13(16(21)22)20(15)18-14/h3-5,11-12H,6-10H2,1-2H3,(H,21,22). The largest absolute Gasteiger partial charge is 0.477 e. The molecule has 3 rings (SSSR count). The summed E-state index contributed by atoms with van der Waals surface area (Å²) in [5, 5.41) is 13.6. The van der Waals surface area contributed by atoms with E-state index in [0.717, 1.165) is 38.2 Å². The number of aromatic carboxylic acids is 1. The van der Waals surface area contributed by atoms with Crippen molar-refractivity contribution in [2.45, 2.75) is 39.2 Å². The van der Waals surface area contributed by atoms with Crippen LogP contribution in [0.5, 0.6) is 0 Å². The molecule has 2 aromatic heterocycles. The molecule has 0 amide bonds. The first-order chi connectivity index (χ1) is 10.5. The molecule has 0 spiro atoms. The molecule has 1 aliphatic rings. The predicted molar refractivity (Wildman–Crippen MR) is 83.1 cm³/mol. The van der Waals surface area contributed by atoms with E-state index in [9.17, 15) is 9.90 Å². The summed E-state index contributed by atoms with van der Waals surface area (Å²) in [6.45, 7) is 6.71. The van der Waals surface area contributed by atoms with Crippen LogP contribution in [0.2, 0.25) is 0 Å². The molecule has 0 aliphatic carbocycles. The highest BCUT2D eigenvalue weighted by Gasteiger charge is 2.22. The van der Waals surface area contributed by atoms with Crippen LogP contribution >= 0.6 is 0 Å². The Hall–Kier alpha value is -1.95. The molecule has 0 saturated carbocycles. The van der Waals surface area contributed by atoms with Crippen LogP contribution in [0, 0.1) is 5.92 Å². The lowest BCUT2D eigenvalue weighted by Crippen LogP contribution is -2.38. The third-order valence-corrected chi connectivity index (χ3v) is 4.47. The molecular weight excluding hydrogens is 280 g/mol. The van der Waals surface area contributed by atoms with E-state index in [0.29, 0.717) is 17.6 Å². The predicted octanol–water partition coefficient (Wildman–Crippen LogP) is 2.09. The second-order valence-corrected chi connectivity index (χ2v) is 6.29. The minimum absolute atomic E-state index is 0.158. The molecule has 1 fully saturated rings. The zero-order chi connectivity index (χ0) is 15.7. The molecule has 118 valence electrons. The van der Waals surface area contributed by atoms with Gasteiger partial charge in [-0.05, 0) is 57.8 Å². The van der Waals surface area contributed by atoms with Crippen molar-refractivity contribution in [3.63, 3.8) is 0 Å². The lowest BCUT2D eigenvalue weighted by atomic mass is 9.93. The summed E-state index contributed by atoms with van der Waals surface area (Å²) < 4.78 is 1.43. The normalized spacial score (nSPS) is 17.4. The van der Waals surface area contributed by atoms with Crippen molar-refractivity contribution in [3.05, 3.63) is 29.7 Å². The number of hydrogen-bond donors (Lipinski definition) is 1. The molecule has 6 nitrogen and oxygen atoms in total. The molecule has 22 heavy (non-hydrogen) atoms. The lowest BCUT2D eigenvalue weighted by molar-refractivity contribution is 0.0687. The van der Waals surface area contributed by atoms with Crippen LogP contribution in [0.4, 0.5) is 0 Å². The minimum Gasteiger partial charge on any atom is -0.477 e. The highest BCUT2D eigenvalue weighted by Crippen LogP contribution is 2.22. The first-order valence-corrected chi connectivity index (χ1v) is 7.86. The first kappa shape index (κ1) is 15.0. The summed E-state index contributed by atoms with van der Waals surface area (Å²) in [5.74, 6) is 0.352. The van der Waals surface area contributed by atoms with Crippen LogP contribution in [0.1, 0.15) is 43.0 Å². The highest BCUT2D eigenvalue weighted by molar-refractivity contribution is 5.86. The van der Waals surface area contributed by atoms with Crippen molar-refractivity contribution in [2.75, 3.05) is 13.1 Å². The van der Waals surface area contributed by atoms with E-state index < -0.39 is 5.97 Å². The highest BCUT2D eigenvalue weighted by atomic mass is 16.4. The molecular formula is C16H22N4O2. The minimum atomic E-state index is -0.979. The summed E-state index contributed by atoms with van der Waals surface area (Å²) in [7, 11) is 0. The zero-order valence-electron chi connectivity index (χ0n) is 13.1. The maximum absolute atomic E-state index is 11.2. The Labute approximate surface area is 129 Å². The molecule has 3 heterocycles. The van der Waals surface area contributed by atoms with Crippen molar-refractivity contribution in [1.82, 2.24) is 19.5 Å². The van der Waals surface area contributed by atoms with Gasteiger partial charge in [0.1, 0.15) is 0 Å². The van der Waals surface area contributed by atoms with Crippen LogP contribution in [0.15, 0.2) is 18.2 Å². The number of hydrogen-bond acceptors (Lipinski definition) is 4. The topological polar surface area (TPSA) is 70.7 Å². The number of carbonyl (C=O) groups is 1. The van der Waals surface area contributed by atoms with Crippen LogP contribution in [0.3, 0.4) is 0 Å². The Morgan fingerprint density at radius 1 is 1.36 bits per heavy atom. The molecule has 1 aliphatic heterocycles. The van der Waals surface area contributed by atoms with Crippen molar-refractivity contribution >= 4 is 11.6 Å². The van der Waals surface area contributed by atoms with Gasteiger partial charge in [-0.15, -0.1) is 0 Å². The molecule has 0 bridgehead atoms. The van der Waals surface area contributed by atoms with Gasteiger partial charge in [-0.2, -0.15) is 5.10 Å². The van der Waals surface area contributed by atoms with Gasteiger partial charge >= 0.3 is 5.97 Å². The molecule has 0 radical (unpaired) electrons. The third kappa shape index (κ3) is 2.97. The van der Waals surface area contributed by atoms with Crippen molar-refractivity contribution in [1.29, 1.82) is 0 Å². The van der Waals surface area contributed by atoms with Crippen LogP contribution in [-0.2, 0) is 6.42 Å². The Kier molecular flexibility index (Phi) is 4.11. The summed E-state index contributed by atoms with van der Waals surface area (Å²) in [4.78, 5) is 18.2. The van der Waals surface area contributed by atoms with E-state index in [1.54, 1.807) is 18.2 Å². The Bertz CT molecular complexity index is 672. The van der Waals surface area contributed by atoms with Gasteiger partial charge in [0.25, 0.3) is 0 Å². The van der Waals surface area contributed by atoms with Gasteiger partial charge in [-0.25, -0.2) is 14.3 Å². The van der Waals surface area contributed by atoms with Crippen LogP contribution < -0.4 is 0 Å². The van der Waals surface area contributed by atoms with Crippen LogP contribution in [-0.4, -0.2) is 49.7 Å². The van der Waals surface area contributed by atoms with Gasteiger partial charge in [0.2, 0.25) is 0 Å². The number of rotatable bonds is 4. The number of carboxylic acid groups (broad SMARTS) is 1. The summed E-state index contributed by atoms with van der Waals surface area (Å²) in [5.41, 5.74) is 0.764. The van der Waals surface area contributed by atoms with E-state index in [-0.39, 0.29) is 5.69 Å². The van der Waals surface area contributed by atoms with E-state index in [4.69, 9.17) is 0 Å². The third-order valence-electron chi connectivity index (χ3n) is 4.47. The molecule has 0 unspecified atom stereocenters. The number of carboxylic acids is 1. The van der Waals surface area contributed by atoms with E-state index in [1.807, 2.05) is 0 Å². The SMILES string of the molecule is CC(C)N1CCC(Cc2nc3cccc(C(=O)O)n3n2)CC1. The second kappa shape index (κ2) is 6.04. The fraction of sp³-hybridized carbons (Fsp3) is 0.562. The maximum Gasteiger partial charge on any atom is 0.354 e. The molecule has 1 N–H and O–H groups in total. The average Bonchev–Trinajstić information content (AvgIpc) is 2.89. The Morgan fingerprint density at radius 2 is 2.09 bits per heavy atom. The number of piperidine rings is 1. The maximum atomic E-state index is 11.2. The Morgan fingerprint density at radius 3 is 2.73 bits per heavy atom. The van der Waals surface area contributed by atoms with Crippen molar-refractivity contribution < 1.29 is 9.90 Å².